The van der Waals surface area contributed by atoms with Crippen LogP contribution < -0.4 is 27.4 Å². The first-order chi connectivity index (χ1) is 14.4. The molecular formula is C17H31N5O8S. The predicted molar refractivity (Wildman–Crippen MR) is 112 cm³/mol. The van der Waals surface area contributed by atoms with Gasteiger partial charge in [-0.3, -0.25) is 19.2 Å². The maximum Gasteiger partial charge on any atom is 0.327 e. The van der Waals surface area contributed by atoms with E-state index in [1.807, 2.05) is 0 Å². The second-order valence-corrected chi connectivity index (χ2v) is 7.22. The third-order valence-corrected chi connectivity index (χ3v) is 4.54. The normalized spacial score (nSPS) is 15.6. The monoisotopic (exact) mass is 465 g/mol. The summed E-state index contributed by atoms with van der Waals surface area (Å²) in [6.45, 7) is 1.58. The fraction of sp³-hybridized carbons (Fsp3) is 0.706. The molecule has 0 bridgehead atoms. The second-order valence-electron chi connectivity index (χ2n) is 6.86. The summed E-state index contributed by atoms with van der Waals surface area (Å²) in [7, 11) is 0. The van der Waals surface area contributed by atoms with Crippen molar-refractivity contribution >= 4 is 42.3 Å². The van der Waals surface area contributed by atoms with Gasteiger partial charge in [0, 0.05) is 5.75 Å². The molecule has 0 aliphatic rings. The fourth-order valence-electron chi connectivity index (χ4n) is 2.41. The van der Waals surface area contributed by atoms with E-state index in [0.717, 1.165) is 0 Å². The lowest BCUT2D eigenvalue weighted by atomic mass is 10.1. The highest BCUT2D eigenvalue weighted by Crippen LogP contribution is 2.03. The van der Waals surface area contributed by atoms with Gasteiger partial charge < -0.3 is 42.7 Å². The smallest absolute Gasteiger partial charge is 0.327 e. The molecule has 0 aromatic heterocycles. The van der Waals surface area contributed by atoms with Crippen LogP contribution in [-0.4, -0.2) is 87.5 Å². The molecule has 0 saturated carbocycles. The lowest BCUT2D eigenvalue weighted by molar-refractivity contribution is -0.143. The summed E-state index contributed by atoms with van der Waals surface area (Å²) >= 11 is 3.80. The lowest BCUT2D eigenvalue weighted by Gasteiger charge is -2.25. The van der Waals surface area contributed by atoms with Crippen LogP contribution in [0.15, 0.2) is 0 Å². The number of nitrogens with one attached hydrogen (secondary N) is 3. The largest absolute Gasteiger partial charge is 0.481 e. The van der Waals surface area contributed by atoms with Crippen LogP contribution in [0.4, 0.5) is 0 Å². The number of rotatable bonds is 15. The maximum absolute atomic E-state index is 12.5. The van der Waals surface area contributed by atoms with Crippen LogP contribution >= 0.6 is 12.6 Å². The average Bonchev–Trinajstić information content (AvgIpc) is 2.68. The van der Waals surface area contributed by atoms with Gasteiger partial charge in [-0.15, -0.1) is 0 Å². The number of carboxylic acids is 2. The Balaban J connectivity index is 5.27. The van der Waals surface area contributed by atoms with Crippen molar-refractivity contribution in [1.29, 1.82) is 0 Å². The molecule has 31 heavy (non-hydrogen) atoms. The van der Waals surface area contributed by atoms with Gasteiger partial charge in [0.25, 0.3) is 0 Å². The number of aliphatic hydroxyl groups excluding tert-OH is 1. The molecule has 0 spiro atoms. The number of hydrogen-bond donors (Lipinski definition) is 9. The van der Waals surface area contributed by atoms with E-state index < -0.39 is 66.4 Å². The van der Waals surface area contributed by atoms with E-state index in [0.29, 0.717) is 19.4 Å². The van der Waals surface area contributed by atoms with Crippen molar-refractivity contribution in [2.75, 3.05) is 12.3 Å². The summed E-state index contributed by atoms with van der Waals surface area (Å²) in [5.74, 6) is -5.89. The van der Waals surface area contributed by atoms with Gasteiger partial charge in [0.15, 0.2) is 0 Å². The van der Waals surface area contributed by atoms with Crippen LogP contribution in [0.5, 0.6) is 0 Å². The third-order valence-electron chi connectivity index (χ3n) is 4.18. The van der Waals surface area contributed by atoms with Crippen molar-refractivity contribution in [3.63, 3.8) is 0 Å². The number of carboxylic acid groups (broad SMARTS) is 2. The van der Waals surface area contributed by atoms with E-state index in [1.54, 1.807) is 0 Å². The highest BCUT2D eigenvalue weighted by atomic mass is 32.1. The SMILES string of the molecule is CC(O)C(NC(=O)C(CC(=O)O)NC(=O)C(N)CCCCN)C(=O)NC(CS)C(=O)O. The van der Waals surface area contributed by atoms with Crippen LogP contribution in [0, 0.1) is 0 Å². The lowest BCUT2D eigenvalue weighted by Crippen LogP contribution is -2.60. The van der Waals surface area contributed by atoms with E-state index in [9.17, 15) is 29.1 Å². The van der Waals surface area contributed by atoms with Crippen molar-refractivity contribution in [1.82, 2.24) is 16.0 Å². The number of aliphatic carboxylic acids is 2. The van der Waals surface area contributed by atoms with Gasteiger partial charge in [0.1, 0.15) is 18.1 Å². The molecule has 5 atom stereocenters. The van der Waals surface area contributed by atoms with Crippen LogP contribution in [0.1, 0.15) is 32.6 Å². The zero-order valence-electron chi connectivity index (χ0n) is 17.1. The van der Waals surface area contributed by atoms with E-state index in [-0.39, 0.29) is 12.2 Å². The minimum atomic E-state index is -1.61. The number of nitrogens with two attached hydrogens (primary N) is 2. The first-order valence-corrected chi connectivity index (χ1v) is 10.2. The number of amides is 3. The van der Waals surface area contributed by atoms with Crippen molar-refractivity contribution in [2.24, 2.45) is 11.5 Å². The minimum Gasteiger partial charge on any atom is -0.481 e. The third kappa shape index (κ3) is 11.0. The Hall–Kier alpha value is -2.42. The molecule has 0 saturated heterocycles. The zero-order chi connectivity index (χ0) is 24.1. The molecule has 0 heterocycles. The Bertz CT molecular complexity index is 648. The molecule has 0 aliphatic heterocycles. The quantitative estimate of drug-likeness (QED) is 0.0865. The summed E-state index contributed by atoms with van der Waals surface area (Å²) in [6, 6.07) is -5.58. The van der Waals surface area contributed by atoms with Gasteiger partial charge >= 0.3 is 11.9 Å². The molecule has 0 aromatic carbocycles. The summed E-state index contributed by atoms with van der Waals surface area (Å²) < 4.78 is 0. The Morgan fingerprint density at radius 3 is 1.97 bits per heavy atom. The molecule has 0 rings (SSSR count). The van der Waals surface area contributed by atoms with Crippen LogP contribution in [0.3, 0.4) is 0 Å². The molecular weight excluding hydrogens is 434 g/mol. The molecule has 0 aromatic rings. The first kappa shape index (κ1) is 28.6. The standard InChI is InChI=1S/C17H31N5O8S/c1-8(23)13(16(28)21-11(7-31)17(29)30)22-15(27)10(6-12(24)25)20-14(26)9(19)4-2-3-5-18/h8-11,13,23,31H,2-7,18-19H2,1H3,(H,20,26)(H,21,28)(H,22,27)(H,24,25)(H,29,30). The van der Waals surface area contributed by atoms with Gasteiger partial charge in [-0.1, -0.05) is 6.42 Å². The summed E-state index contributed by atoms with van der Waals surface area (Å²) in [4.78, 5) is 59.2. The predicted octanol–water partition coefficient (Wildman–Crippen LogP) is -3.23. The molecule has 3 amide bonds. The Kier molecular flexibility index (Phi) is 13.4. The Morgan fingerprint density at radius 2 is 1.52 bits per heavy atom. The van der Waals surface area contributed by atoms with E-state index in [1.165, 1.54) is 6.92 Å². The van der Waals surface area contributed by atoms with Gasteiger partial charge in [-0.2, -0.15) is 12.6 Å². The number of carbonyl (C=O) groups excluding carboxylic acids is 3. The number of hydrogen-bond acceptors (Lipinski definition) is 9. The Morgan fingerprint density at radius 1 is 0.935 bits per heavy atom. The van der Waals surface area contributed by atoms with E-state index in [4.69, 9.17) is 21.7 Å². The molecule has 0 radical (unpaired) electrons. The number of carbonyl (C=O) groups is 5. The van der Waals surface area contributed by atoms with Crippen LogP contribution in [-0.2, 0) is 24.0 Å². The maximum atomic E-state index is 12.5. The first-order valence-electron chi connectivity index (χ1n) is 9.54. The van der Waals surface area contributed by atoms with Gasteiger partial charge in [0.2, 0.25) is 17.7 Å². The molecule has 0 fully saturated rings. The van der Waals surface area contributed by atoms with Crippen molar-refractivity contribution in [3.8, 4) is 0 Å². The summed E-state index contributed by atoms with van der Waals surface area (Å²) in [6.07, 6.45) is -0.812. The van der Waals surface area contributed by atoms with E-state index in [2.05, 4.69) is 28.6 Å². The van der Waals surface area contributed by atoms with Crippen molar-refractivity contribution in [2.45, 2.75) is 62.9 Å². The molecule has 10 N–H and O–H groups in total. The van der Waals surface area contributed by atoms with Crippen LogP contribution in [0.25, 0.3) is 0 Å². The van der Waals surface area contributed by atoms with Gasteiger partial charge in [0.05, 0.1) is 18.6 Å². The summed E-state index contributed by atoms with van der Waals surface area (Å²) in [5.41, 5.74) is 11.1. The van der Waals surface area contributed by atoms with Crippen LogP contribution in [0.2, 0.25) is 0 Å². The van der Waals surface area contributed by atoms with E-state index >= 15 is 0 Å². The highest BCUT2D eigenvalue weighted by Gasteiger charge is 2.33. The second kappa shape index (κ2) is 14.6. The molecule has 5 unspecified atom stereocenters. The fourth-order valence-corrected chi connectivity index (χ4v) is 2.66. The van der Waals surface area contributed by atoms with Crippen molar-refractivity contribution < 1.29 is 39.3 Å². The Labute approximate surface area is 184 Å². The van der Waals surface area contributed by atoms with Gasteiger partial charge in [-0.05, 0) is 26.3 Å². The zero-order valence-corrected chi connectivity index (χ0v) is 18.0. The number of thiol groups is 1. The topological polar surface area (TPSA) is 234 Å². The molecule has 14 heteroatoms. The summed E-state index contributed by atoms with van der Waals surface area (Å²) in [5, 5.41) is 34.3. The number of unbranched alkanes of at least 4 members (excludes halogenated alkanes) is 1. The van der Waals surface area contributed by atoms with Gasteiger partial charge in [-0.25, -0.2) is 4.79 Å². The number of aliphatic hydroxyl groups is 1. The highest BCUT2D eigenvalue weighted by molar-refractivity contribution is 7.80. The molecule has 13 nitrogen and oxygen atoms in total. The molecule has 178 valence electrons. The molecule has 0 aliphatic carbocycles. The van der Waals surface area contributed by atoms with Crippen molar-refractivity contribution in [3.05, 3.63) is 0 Å². The average molecular weight is 466 g/mol. The minimum absolute atomic E-state index is 0.249.